The van der Waals surface area contributed by atoms with Crippen LogP contribution in [0.4, 0.5) is 5.69 Å². The zero-order valence-electron chi connectivity index (χ0n) is 13.7. The minimum atomic E-state index is 0.425. The fraction of sp³-hybridized carbons (Fsp3) is 0.182. The van der Waals surface area contributed by atoms with E-state index in [2.05, 4.69) is 113 Å². The van der Waals surface area contributed by atoms with Crippen molar-refractivity contribution >= 4 is 28.3 Å². The van der Waals surface area contributed by atoms with Crippen LogP contribution in [0.25, 0.3) is 0 Å². The van der Waals surface area contributed by atoms with Crippen LogP contribution in [0.2, 0.25) is 0 Å². The van der Waals surface area contributed by atoms with Gasteiger partial charge >= 0.3 is 0 Å². The van der Waals surface area contributed by atoms with Gasteiger partial charge < -0.3 is 5.32 Å². The highest BCUT2D eigenvalue weighted by molar-refractivity contribution is 14.1. The molecular formula is C22H22IN. The quantitative estimate of drug-likeness (QED) is 0.347. The molecule has 0 heterocycles. The summed E-state index contributed by atoms with van der Waals surface area (Å²) in [6, 6.07) is 30.3. The molecule has 2 heteroatoms. The first-order valence-electron chi connectivity index (χ1n) is 8.35. The molecule has 0 saturated heterocycles. The largest absolute Gasteiger partial charge is 0.385 e. The van der Waals surface area contributed by atoms with E-state index in [9.17, 15) is 0 Å². The molecule has 0 atom stereocenters. The summed E-state index contributed by atoms with van der Waals surface area (Å²) < 4.78 is 1.06. The number of rotatable bonds is 7. The van der Waals surface area contributed by atoms with E-state index in [0.717, 1.165) is 17.4 Å². The smallest absolute Gasteiger partial charge is 0.0340 e. The van der Waals surface area contributed by atoms with Gasteiger partial charge in [0.2, 0.25) is 0 Å². The first-order valence-corrected chi connectivity index (χ1v) is 9.88. The van der Waals surface area contributed by atoms with Crippen molar-refractivity contribution in [2.45, 2.75) is 16.8 Å². The van der Waals surface area contributed by atoms with Crippen molar-refractivity contribution in [2.24, 2.45) is 0 Å². The van der Waals surface area contributed by atoms with Crippen LogP contribution in [0.5, 0.6) is 0 Å². The zero-order chi connectivity index (χ0) is 16.6. The van der Waals surface area contributed by atoms with Gasteiger partial charge in [-0.25, -0.2) is 0 Å². The molecule has 24 heavy (non-hydrogen) atoms. The highest BCUT2D eigenvalue weighted by Gasteiger charge is 2.13. The maximum absolute atomic E-state index is 3.56. The van der Waals surface area contributed by atoms with Crippen LogP contribution in [0, 0.1) is 0 Å². The molecule has 0 aromatic heterocycles. The van der Waals surface area contributed by atoms with Crippen molar-refractivity contribution in [1.82, 2.24) is 0 Å². The summed E-state index contributed by atoms with van der Waals surface area (Å²) in [6.07, 6.45) is 1.07. The standard InChI is InChI=1S/C22H22IN/c23-17-18-11-13-21(14-12-18)24-16-15-22(19-7-3-1-4-8-19)20-9-5-2-6-10-20/h1-14,22,24H,15-17H2. The van der Waals surface area contributed by atoms with E-state index in [1.165, 1.54) is 22.4 Å². The molecule has 0 amide bonds. The van der Waals surface area contributed by atoms with Crippen LogP contribution in [0.1, 0.15) is 29.0 Å². The summed E-state index contributed by atoms with van der Waals surface area (Å²) in [5.41, 5.74) is 5.33. The Morgan fingerprint density at radius 1 is 0.708 bits per heavy atom. The molecule has 3 aromatic rings. The van der Waals surface area contributed by atoms with Crippen LogP contribution in [0.3, 0.4) is 0 Å². The van der Waals surface area contributed by atoms with Gasteiger partial charge in [0, 0.05) is 22.6 Å². The van der Waals surface area contributed by atoms with Crippen LogP contribution in [-0.2, 0) is 4.43 Å². The van der Waals surface area contributed by atoms with Crippen molar-refractivity contribution < 1.29 is 0 Å². The van der Waals surface area contributed by atoms with Gasteiger partial charge in [-0.3, -0.25) is 0 Å². The predicted octanol–water partition coefficient (Wildman–Crippen LogP) is 6.26. The molecule has 122 valence electrons. The summed E-state index contributed by atoms with van der Waals surface area (Å²) in [5, 5.41) is 3.56. The fourth-order valence-corrected chi connectivity index (χ4v) is 3.48. The molecular weight excluding hydrogens is 405 g/mol. The van der Waals surface area contributed by atoms with Crippen LogP contribution < -0.4 is 5.32 Å². The van der Waals surface area contributed by atoms with Gasteiger partial charge in [0.05, 0.1) is 0 Å². The van der Waals surface area contributed by atoms with Crippen LogP contribution in [-0.4, -0.2) is 6.54 Å². The molecule has 3 aromatic carbocycles. The second kappa shape index (κ2) is 8.88. The Bertz CT molecular complexity index is 683. The summed E-state index contributed by atoms with van der Waals surface area (Å²) in [7, 11) is 0. The molecule has 0 radical (unpaired) electrons. The Morgan fingerprint density at radius 2 is 1.25 bits per heavy atom. The maximum Gasteiger partial charge on any atom is 0.0340 e. The molecule has 0 aliphatic rings. The number of anilines is 1. The Kier molecular flexibility index (Phi) is 6.30. The molecule has 0 saturated carbocycles. The summed E-state index contributed by atoms with van der Waals surface area (Å²) in [4.78, 5) is 0. The van der Waals surface area contributed by atoms with E-state index in [1.54, 1.807) is 0 Å². The van der Waals surface area contributed by atoms with Crippen molar-refractivity contribution in [2.75, 3.05) is 11.9 Å². The average molecular weight is 427 g/mol. The number of hydrogen-bond donors (Lipinski definition) is 1. The SMILES string of the molecule is ICc1ccc(NCCC(c2ccccc2)c2ccccc2)cc1. The second-order valence-electron chi connectivity index (χ2n) is 5.92. The van der Waals surface area contributed by atoms with Crippen molar-refractivity contribution in [3.05, 3.63) is 102 Å². The lowest BCUT2D eigenvalue weighted by atomic mass is 9.88. The van der Waals surface area contributed by atoms with Gasteiger partial charge in [-0.05, 0) is 35.2 Å². The minimum absolute atomic E-state index is 0.425. The van der Waals surface area contributed by atoms with Crippen LogP contribution >= 0.6 is 22.6 Å². The molecule has 0 fully saturated rings. The Hall–Kier alpha value is -1.81. The lowest BCUT2D eigenvalue weighted by Crippen LogP contribution is -2.09. The van der Waals surface area contributed by atoms with E-state index in [-0.39, 0.29) is 0 Å². The number of hydrogen-bond acceptors (Lipinski definition) is 1. The number of alkyl halides is 1. The zero-order valence-corrected chi connectivity index (χ0v) is 15.8. The molecule has 0 unspecified atom stereocenters. The van der Waals surface area contributed by atoms with Gasteiger partial charge in [0.15, 0.2) is 0 Å². The molecule has 0 bridgehead atoms. The van der Waals surface area contributed by atoms with Gasteiger partial charge in [-0.2, -0.15) is 0 Å². The third-order valence-corrected chi connectivity index (χ3v) is 5.16. The topological polar surface area (TPSA) is 12.0 Å². The van der Waals surface area contributed by atoms with Gasteiger partial charge in [0.25, 0.3) is 0 Å². The van der Waals surface area contributed by atoms with E-state index >= 15 is 0 Å². The van der Waals surface area contributed by atoms with Crippen molar-refractivity contribution in [3.63, 3.8) is 0 Å². The predicted molar refractivity (Wildman–Crippen MR) is 112 cm³/mol. The molecule has 3 rings (SSSR count). The monoisotopic (exact) mass is 427 g/mol. The summed E-state index contributed by atoms with van der Waals surface area (Å²) in [5.74, 6) is 0.425. The average Bonchev–Trinajstić information content (AvgIpc) is 2.67. The number of nitrogens with one attached hydrogen (secondary N) is 1. The third-order valence-electron chi connectivity index (χ3n) is 4.27. The van der Waals surface area contributed by atoms with Gasteiger partial charge in [0.1, 0.15) is 0 Å². The Labute approximate surface area is 158 Å². The lowest BCUT2D eigenvalue weighted by molar-refractivity contribution is 0.745. The first-order chi connectivity index (χ1) is 11.9. The number of halogens is 1. The Balaban J connectivity index is 1.68. The van der Waals surface area contributed by atoms with E-state index in [0.29, 0.717) is 5.92 Å². The third kappa shape index (κ3) is 4.60. The maximum atomic E-state index is 3.56. The number of benzene rings is 3. The normalized spacial score (nSPS) is 10.8. The van der Waals surface area contributed by atoms with Crippen molar-refractivity contribution in [3.8, 4) is 0 Å². The van der Waals surface area contributed by atoms with Crippen LogP contribution in [0.15, 0.2) is 84.9 Å². The highest BCUT2D eigenvalue weighted by Crippen LogP contribution is 2.27. The van der Waals surface area contributed by atoms with Crippen molar-refractivity contribution in [1.29, 1.82) is 0 Å². The molecule has 0 spiro atoms. The molecule has 1 nitrogen and oxygen atoms in total. The highest BCUT2D eigenvalue weighted by atomic mass is 127. The molecule has 0 aliphatic carbocycles. The lowest BCUT2D eigenvalue weighted by Gasteiger charge is -2.19. The van der Waals surface area contributed by atoms with E-state index in [1.807, 2.05) is 0 Å². The Morgan fingerprint density at radius 3 is 1.75 bits per heavy atom. The first kappa shape index (κ1) is 17.0. The van der Waals surface area contributed by atoms with Gasteiger partial charge in [-0.15, -0.1) is 0 Å². The minimum Gasteiger partial charge on any atom is -0.385 e. The van der Waals surface area contributed by atoms with Gasteiger partial charge in [-0.1, -0.05) is 95.4 Å². The molecule has 0 aliphatic heterocycles. The summed E-state index contributed by atoms with van der Waals surface area (Å²) >= 11 is 2.39. The van der Waals surface area contributed by atoms with E-state index in [4.69, 9.17) is 0 Å². The van der Waals surface area contributed by atoms with E-state index < -0.39 is 0 Å². The fourth-order valence-electron chi connectivity index (χ4n) is 2.97. The summed E-state index contributed by atoms with van der Waals surface area (Å²) in [6.45, 7) is 0.956. The second-order valence-corrected chi connectivity index (χ2v) is 6.68. The molecule has 1 N–H and O–H groups in total.